The van der Waals surface area contributed by atoms with Gasteiger partial charge in [0.1, 0.15) is 5.75 Å². The van der Waals surface area contributed by atoms with Crippen molar-refractivity contribution in [3.8, 4) is 18.1 Å². The summed E-state index contributed by atoms with van der Waals surface area (Å²) in [7, 11) is 1.68. The van der Waals surface area contributed by atoms with E-state index in [1.807, 2.05) is 12.1 Å². The molecule has 2 nitrogen and oxygen atoms in total. The molecule has 0 fully saturated rings. The number of nitrogens with one attached hydrogen (secondary N) is 1. The maximum Gasteiger partial charge on any atom is 0.118 e. The van der Waals surface area contributed by atoms with Crippen LogP contribution >= 0.6 is 0 Å². The third kappa shape index (κ3) is 4.53. The smallest absolute Gasteiger partial charge is 0.118 e. The first-order chi connectivity index (χ1) is 7.36. The molecule has 0 radical (unpaired) electrons. The van der Waals surface area contributed by atoms with Gasteiger partial charge in [0.2, 0.25) is 0 Å². The third-order valence-corrected chi connectivity index (χ3v) is 2.21. The van der Waals surface area contributed by atoms with E-state index >= 15 is 0 Å². The first-order valence-electron chi connectivity index (χ1n) is 5.14. The van der Waals surface area contributed by atoms with Crippen molar-refractivity contribution in [2.24, 2.45) is 0 Å². The Morgan fingerprint density at radius 1 is 1.33 bits per heavy atom. The van der Waals surface area contributed by atoms with Crippen LogP contribution in [0, 0.1) is 12.3 Å². The molecule has 0 atom stereocenters. The summed E-state index contributed by atoms with van der Waals surface area (Å²) in [4.78, 5) is 0. The minimum Gasteiger partial charge on any atom is -0.497 e. The van der Waals surface area contributed by atoms with Crippen LogP contribution in [0.25, 0.3) is 0 Å². The fourth-order valence-electron chi connectivity index (χ4n) is 1.37. The molecular weight excluding hydrogens is 186 g/mol. The first-order valence-corrected chi connectivity index (χ1v) is 5.14. The van der Waals surface area contributed by atoms with Crippen molar-refractivity contribution < 1.29 is 4.74 Å². The number of aryl methyl sites for hydroxylation is 1. The Bertz CT molecular complexity index is 310. The van der Waals surface area contributed by atoms with Gasteiger partial charge in [0.05, 0.1) is 13.7 Å². The molecule has 1 rings (SSSR count). The summed E-state index contributed by atoms with van der Waals surface area (Å²) < 4.78 is 5.09. The summed E-state index contributed by atoms with van der Waals surface area (Å²) in [6.45, 7) is 1.62. The molecule has 1 aromatic rings. The number of methoxy groups -OCH3 is 1. The number of benzene rings is 1. The predicted molar refractivity (Wildman–Crippen MR) is 63.0 cm³/mol. The molecule has 1 N–H and O–H groups in total. The van der Waals surface area contributed by atoms with Gasteiger partial charge in [-0.1, -0.05) is 18.1 Å². The lowest BCUT2D eigenvalue weighted by Crippen LogP contribution is -2.15. The molecule has 15 heavy (non-hydrogen) atoms. The van der Waals surface area contributed by atoms with Gasteiger partial charge in [-0.25, -0.2) is 0 Å². The molecule has 2 heteroatoms. The van der Waals surface area contributed by atoms with Crippen molar-refractivity contribution in [1.82, 2.24) is 5.32 Å². The molecule has 0 spiro atoms. The average molecular weight is 203 g/mol. The van der Waals surface area contributed by atoms with Crippen LogP contribution in [0.1, 0.15) is 12.0 Å². The molecule has 0 aliphatic carbocycles. The van der Waals surface area contributed by atoms with Gasteiger partial charge in [-0.3, -0.25) is 0 Å². The van der Waals surface area contributed by atoms with Gasteiger partial charge in [0.25, 0.3) is 0 Å². The SMILES string of the molecule is C#CCNCCCc1ccc(OC)cc1. The molecule has 0 aromatic heterocycles. The van der Waals surface area contributed by atoms with Crippen LogP contribution < -0.4 is 10.1 Å². The van der Waals surface area contributed by atoms with Gasteiger partial charge in [0.15, 0.2) is 0 Å². The normalized spacial score (nSPS) is 9.60. The van der Waals surface area contributed by atoms with E-state index in [4.69, 9.17) is 11.2 Å². The van der Waals surface area contributed by atoms with Gasteiger partial charge >= 0.3 is 0 Å². The van der Waals surface area contributed by atoms with Crippen molar-refractivity contribution in [3.05, 3.63) is 29.8 Å². The number of ether oxygens (including phenoxy) is 1. The molecule has 0 aliphatic heterocycles. The Labute approximate surface area is 91.6 Å². The summed E-state index contributed by atoms with van der Waals surface area (Å²) in [5.41, 5.74) is 1.33. The molecule has 0 saturated carbocycles. The molecule has 80 valence electrons. The highest BCUT2D eigenvalue weighted by atomic mass is 16.5. The quantitative estimate of drug-likeness (QED) is 0.563. The molecule has 0 unspecified atom stereocenters. The van der Waals surface area contributed by atoms with E-state index in [0.29, 0.717) is 6.54 Å². The lowest BCUT2D eigenvalue weighted by atomic mass is 10.1. The minimum atomic E-state index is 0.655. The third-order valence-electron chi connectivity index (χ3n) is 2.21. The van der Waals surface area contributed by atoms with E-state index in [1.54, 1.807) is 7.11 Å². The standard InChI is InChI=1S/C13H17NO/c1-3-10-14-11-4-5-12-6-8-13(15-2)9-7-12/h1,6-9,14H,4-5,10-11H2,2H3. The number of rotatable bonds is 6. The maximum absolute atomic E-state index is 5.13. The average Bonchev–Trinajstić information content (AvgIpc) is 2.30. The van der Waals surface area contributed by atoms with Crippen molar-refractivity contribution in [2.45, 2.75) is 12.8 Å². The van der Waals surface area contributed by atoms with E-state index in [1.165, 1.54) is 5.56 Å². The van der Waals surface area contributed by atoms with Crippen molar-refractivity contribution in [2.75, 3.05) is 20.2 Å². The Morgan fingerprint density at radius 2 is 2.07 bits per heavy atom. The zero-order chi connectivity index (χ0) is 10.9. The molecule has 0 saturated heterocycles. The van der Waals surface area contributed by atoms with Crippen LogP contribution in [0.3, 0.4) is 0 Å². The second-order valence-electron chi connectivity index (χ2n) is 3.33. The van der Waals surface area contributed by atoms with E-state index < -0.39 is 0 Å². The Hall–Kier alpha value is -1.46. The number of terminal acetylenes is 1. The summed E-state index contributed by atoms with van der Waals surface area (Å²) >= 11 is 0. The molecule has 0 amide bonds. The lowest BCUT2D eigenvalue weighted by molar-refractivity contribution is 0.414. The van der Waals surface area contributed by atoms with E-state index in [2.05, 4.69) is 23.4 Å². The summed E-state index contributed by atoms with van der Waals surface area (Å²) in [6, 6.07) is 8.18. The van der Waals surface area contributed by atoms with Crippen LogP contribution in [0.2, 0.25) is 0 Å². The highest BCUT2D eigenvalue weighted by Crippen LogP contribution is 2.12. The summed E-state index contributed by atoms with van der Waals surface area (Å²) in [5, 5.41) is 3.17. The largest absolute Gasteiger partial charge is 0.497 e. The summed E-state index contributed by atoms with van der Waals surface area (Å²) in [6.07, 6.45) is 7.30. The van der Waals surface area contributed by atoms with Crippen LogP contribution in [0.5, 0.6) is 5.75 Å². The van der Waals surface area contributed by atoms with E-state index in [0.717, 1.165) is 25.1 Å². The Balaban J connectivity index is 2.23. The highest BCUT2D eigenvalue weighted by Gasteiger charge is 1.94. The maximum atomic E-state index is 5.13. The highest BCUT2D eigenvalue weighted by molar-refractivity contribution is 5.27. The fraction of sp³-hybridized carbons (Fsp3) is 0.385. The topological polar surface area (TPSA) is 21.3 Å². The van der Waals surface area contributed by atoms with Crippen molar-refractivity contribution in [3.63, 3.8) is 0 Å². The molecule has 0 bridgehead atoms. The number of hydrogen-bond acceptors (Lipinski definition) is 2. The van der Waals surface area contributed by atoms with Crippen LogP contribution in [0.15, 0.2) is 24.3 Å². The Morgan fingerprint density at radius 3 is 2.67 bits per heavy atom. The second kappa shape index (κ2) is 6.92. The summed E-state index contributed by atoms with van der Waals surface area (Å²) in [5.74, 6) is 3.46. The fourth-order valence-corrected chi connectivity index (χ4v) is 1.37. The molecule has 0 aliphatic rings. The van der Waals surface area contributed by atoms with Crippen LogP contribution in [-0.2, 0) is 6.42 Å². The van der Waals surface area contributed by atoms with E-state index in [9.17, 15) is 0 Å². The monoisotopic (exact) mass is 203 g/mol. The van der Waals surface area contributed by atoms with Crippen molar-refractivity contribution >= 4 is 0 Å². The van der Waals surface area contributed by atoms with Gasteiger partial charge in [-0.05, 0) is 37.1 Å². The first kappa shape index (κ1) is 11.6. The zero-order valence-electron chi connectivity index (χ0n) is 9.12. The molecule has 1 aromatic carbocycles. The van der Waals surface area contributed by atoms with Gasteiger partial charge in [-0.2, -0.15) is 0 Å². The van der Waals surface area contributed by atoms with Gasteiger partial charge in [-0.15, -0.1) is 6.42 Å². The van der Waals surface area contributed by atoms with Gasteiger partial charge < -0.3 is 10.1 Å². The number of hydrogen-bond donors (Lipinski definition) is 1. The molecular formula is C13H17NO. The zero-order valence-corrected chi connectivity index (χ0v) is 9.12. The molecule has 0 heterocycles. The lowest BCUT2D eigenvalue weighted by Gasteiger charge is -2.03. The Kier molecular flexibility index (Phi) is 5.35. The van der Waals surface area contributed by atoms with E-state index in [-0.39, 0.29) is 0 Å². The predicted octanol–water partition coefficient (Wildman–Crippen LogP) is 1.85. The van der Waals surface area contributed by atoms with Crippen LogP contribution in [-0.4, -0.2) is 20.2 Å². The van der Waals surface area contributed by atoms with Crippen molar-refractivity contribution in [1.29, 1.82) is 0 Å². The minimum absolute atomic E-state index is 0.655. The van der Waals surface area contributed by atoms with Crippen LogP contribution in [0.4, 0.5) is 0 Å². The van der Waals surface area contributed by atoms with Gasteiger partial charge in [0, 0.05) is 0 Å². The second-order valence-corrected chi connectivity index (χ2v) is 3.33.